The molecular weight excluding hydrogens is 584 g/mol. The predicted octanol–water partition coefficient (Wildman–Crippen LogP) is 4.58. The number of anilines is 2. The van der Waals surface area contributed by atoms with Gasteiger partial charge in [0.1, 0.15) is 0 Å². The van der Waals surface area contributed by atoms with Crippen molar-refractivity contribution in [3.05, 3.63) is 95.1 Å². The maximum Gasteiger partial charge on any atom is 0.224 e. The number of hydrogen-bond acceptors (Lipinski definition) is 8. The molecule has 2 aliphatic heterocycles. The van der Waals surface area contributed by atoms with E-state index in [1.54, 1.807) is 12.1 Å². The molecule has 3 aromatic rings. The molecule has 5 rings (SSSR count). The molecular formula is C36H46N4O6. The number of hydrogen-bond donors (Lipinski definition) is 5. The van der Waals surface area contributed by atoms with Crippen molar-refractivity contribution >= 4 is 23.2 Å². The van der Waals surface area contributed by atoms with Crippen molar-refractivity contribution in [2.24, 2.45) is 0 Å². The lowest BCUT2D eigenvalue weighted by Gasteiger charge is -2.38. The van der Waals surface area contributed by atoms with E-state index in [0.29, 0.717) is 50.0 Å². The summed E-state index contributed by atoms with van der Waals surface area (Å²) in [6.07, 6.45) is 3.84. The molecule has 10 heteroatoms. The largest absolute Gasteiger partial charge is 0.397 e. The van der Waals surface area contributed by atoms with E-state index in [0.717, 1.165) is 48.2 Å². The second kappa shape index (κ2) is 16.7. The van der Waals surface area contributed by atoms with Crippen molar-refractivity contribution in [3.8, 4) is 0 Å². The average molecular weight is 631 g/mol. The van der Waals surface area contributed by atoms with Crippen LogP contribution in [0.15, 0.2) is 72.8 Å². The van der Waals surface area contributed by atoms with Crippen molar-refractivity contribution in [1.29, 1.82) is 0 Å². The standard InChI is InChI=1S/C36H46N4O6/c37-31-7-1-2-8-32(31)39-35(44)10-4-3-9-34(43)38-21-25-11-17-28(18-12-25)36-45-30(22-40-19-5-6-29(40)24-42)20-33(46-36)27-15-13-26(23-41)14-16-27/h1-2,7-8,11-18,29-30,33,36,41-42H,3-6,9-10,19-24,37H2,(H,38,43)(H,39,44). The summed E-state index contributed by atoms with van der Waals surface area (Å²) < 4.78 is 13.0. The smallest absolute Gasteiger partial charge is 0.224 e. The number of carbonyl (C=O) groups is 2. The van der Waals surface area contributed by atoms with Crippen LogP contribution in [0.2, 0.25) is 0 Å². The predicted molar refractivity (Wildman–Crippen MR) is 176 cm³/mol. The lowest BCUT2D eigenvalue weighted by molar-refractivity contribution is -0.253. The van der Waals surface area contributed by atoms with E-state index in [1.165, 1.54) is 0 Å². The summed E-state index contributed by atoms with van der Waals surface area (Å²) in [4.78, 5) is 27.0. The summed E-state index contributed by atoms with van der Waals surface area (Å²) in [5.74, 6) is -0.177. The first-order valence-corrected chi connectivity index (χ1v) is 16.3. The Hall–Kier alpha value is -3.80. The van der Waals surface area contributed by atoms with Gasteiger partial charge in [0.2, 0.25) is 11.8 Å². The van der Waals surface area contributed by atoms with Gasteiger partial charge in [-0.15, -0.1) is 0 Å². The molecule has 0 aliphatic carbocycles. The number of aliphatic hydroxyl groups excluding tert-OH is 2. The summed E-state index contributed by atoms with van der Waals surface area (Å²) in [7, 11) is 0. The summed E-state index contributed by atoms with van der Waals surface area (Å²) in [6.45, 7) is 2.23. The Balaban J connectivity index is 1.11. The highest BCUT2D eigenvalue weighted by Gasteiger charge is 2.35. The Morgan fingerprint density at radius 3 is 2.28 bits per heavy atom. The fourth-order valence-electron chi connectivity index (χ4n) is 6.11. The van der Waals surface area contributed by atoms with E-state index in [9.17, 15) is 19.8 Å². The zero-order valence-corrected chi connectivity index (χ0v) is 26.3. The van der Waals surface area contributed by atoms with Gasteiger partial charge in [-0.1, -0.05) is 60.7 Å². The molecule has 2 saturated heterocycles. The van der Waals surface area contributed by atoms with Gasteiger partial charge >= 0.3 is 0 Å². The second-order valence-electron chi connectivity index (χ2n) is 12.2. The minimum atomic E-state index is -0.560. The number of likely N-dealkylation sites (tertiary alicyclic amines) is 1. The van der Waals surface area contributed by atoms with Crippen LogP contribution in [-0.2, 0) is 32.2 Å². The molecule has 6 N–H and O–H groups in total. The second-order valence-corrected chi connectivity index (χ2v) is 12.2. The van der Waals surface area contributed by atoms with Crippen molar-refractivity contribution in [1.82, 2.24) is 10.2 Å². The topological polar surface area (TPSA) is 146 Å². The third-order valence-electron chi connectivity index (χ3n) is 8.80. The number of benzene rings is 3. The van der Waals surface area contributed by atoms with Gasteiger partial charge in [0.15, 0.2) is 6.29 Å². The van der Waals surface area contributed by atoms with Gasteiger partial charge in [0.05, 0.1) is 36.8 Å². The molecule has 0 bridgehead atoms. The van der Waals surface area contributed by atoms with Crippen LogP contribution in [-0.4, -0.2) is 58.8 Å². The monoisotopic (exact) mass is 630 g/mol. The minimum absolute atomic E-state index is 0.00531. The van der Waals surface area contributed by atoms with E-state index in [1.807, 2.05) is 60.7 Å². The van der Waals surface area contributed by atoms with Crippen LogP contribution in [0.4, 0.5) is 11.4 Å². The van der Waals surface area contributed by atoms with Crippen LogP contribution < -0.4 is 16.4 Å². The van der Waals surface area contributed by atoms with E-state index in [-0.39, 0.29) is 43.3 Å². The number of nitrogens with one attached hydrogen (secondary N) is 2. The Bertz CT molecular complexity index is 1420. The SMILES string of the molecule is Nc1ccccc1NC(=O)CCCCC(=O)NCc1ccc(C2OC(CN3CCCC3CO)CC(c3ccc(CO)cc3)O2)cc1. The number of ether oxygens (including phenoxy) is 2. The number of nitrogens with zero attached hydrogens (tertiary/aromatic N) is 1. The number of aliphatic hydroxyl groups is 2. The van der Waals surface area contributed by atoms with Crippen molar-refractivity contribution in [2.75, 3.05) is 30.7 Å². The number of carbonyl (C=O) groups excluding carboxylic acids is 2. The molecule has 4 atom stereocenters. The molecule has 2 heterocycles. The fraction of sp³-hybridized carbons (Fsp3) is 0.444. The molecule has 0 saturated carbocycles. The fourth-order valence-corrected chi connectivity index (χ4v) is 6.11. The summed E-state index contributed by atoms with van der Waals surface area (Å²) in [5, 5.41) is 25.1. The highest BCUT2D eigenvalue weighted by atomic mass is 16.7. The lowest BCUT2D eigenvalue weighted by Crippen LogP contribution is -2.42. The molecule has 0 radical (unpaired) electrons. The zero-order valence-electron chi connectivity index (χ0n) is 26.3. The molecule has 3 aromatic carbocycles. The number of unbranched alkanes of at least 4 members (excludes halogenated alkanes) is 1. The molecule has 10 nitrogen and oxygen atoms in total. The van der Waals surface area contributed by atoms with Crippen molar-refractivity contribution in [2.45, 2.75) is 82.6 Å². The molecule has 46 heavy (non-hydrogen) atoms. The number of nitrogens with two attached hydrogens (primary N) is 1. The van der Waals surface area contributed by atoms with Gasteiger partial charge in [-0.05, 0) is 61.1 Å². The van der Waals surface area contributed by atoms with Gasteiger partial charge in [-0.25, -0.2) is 0 Å². The Labute approximate surface area is 270 Å². The first kappa shape index (κ1) is 33.6. The van der Waals surface area contributed by atoms with Gasteiger partial charge in [-0.3, -0.25) is 14.5 Å². The number of amides is 2. The van der Waals surface area contributed by atoms with Gasteiger partial charge in [0, 0.05) is 44.0 Å². The first-order valence-electron chi connectivity index (χ1n) is 16.3. The quantitative estimate of drug-likeness (QED) is 0.129. The molecule has 2 fully saturated rings. The van der Waals surface area contributed by atoms with Gasteiger partial charge in [0.25, 0.3) is 0 Å². The Morgan fingerprint density at radius 2 is 1.57 bits per heavy atom. The maximum absolute atomic E-state index is 12.4. The normalized spacial score (nSPS) is 21.6. The number of rotatable bonds is 14. The van der Waals surface area contributed by atoms with E-state index in [4.69, 9.17) is 15.2 Å². The minimum Gasteiger partial charge on any atom is -0.397 e. The van der Waals surface area contributed by atoms with Crippen molar-refractivity contribution < 1.29 is 29.3 Å². The Morgan fingerprint density at radius 1 is 0.870 bits per heavy atom. The highest BCUT2D eigenvalue weighted by Crippen LogP contribution is 2.38. The van der Waals surface area contributed by atoms with Crippen molar-refractivity contribution in [3.63, 3.8) is 0 Å². The summed E-state index contributed by atoms with van der Waals surface area (Å²) in [6, 6.07) is 23.0. The third kappa shape index (κ3) is 9.37. The first-order chi connectivity index (χ1) is 22.4. The molecule has 4 unspecified atom stereocenters. The third-order valence-corrected chi connectivity index (χ3v) is 8.80. The van der Waals surface area contributed by atoms with Crippen LogP contribution in [0, 0.1) is 0 Å². The summed E-state index contributed by atoms with van der Waals surface area (Å²) >= 11 is 0. The van der Waals surface area contributed by atoms with Crippen LogP contribution >= 0.6 is 0 Å². The molecule has 0 spiro atoms. The van der Waals surface area contributed by atoms with Gasteiger partial charge in [-0.2, -0.15) is 0 Å². The van der Waals surface area contributed by atoms with E-state index >= 15 is 0 Å². The molecule has 2 amide bonds. The van der Waals surface area contributed by atoms with E-state index in [2.05, 4.69) is 15.5 Å². The lowest BCUT2D eigenvalue weighted by atomic mass is 9.99. The summed E-state index contributed by atoms with van der Waals surface area (Å²) in [5.41, 5.74) is 10.7. The molecule has 246 valence electrons. The van der Waals surface area contributed by atoms with Gasteiger partial charge < -0.3 is 36.1 Å². The van der Waals surface area contributed by atoms with Crippen LogP contribution in [0.5, 0.6) is 0 Å². The maximum atomic E-state index is 12.4. The number of para-hydroxylation sites is 2. The molecule has 0 aromatic heterocycles. The van der Waals surface area contributed by atoms with E-state index < -0.39 is 6.29 Å². The molecule has 2 aliphatic rings. The number of nitrogen functional groups attached to an aromatic ring is 1. The highest BCUT2D eigenvalue weighted by molar-refractivity contribution is 5.93. The zero-order chi connectivity index (χ0) is 32.3. The van der Waals surface area contributed by atoms with Crippen LogP contribution in [0.25, 0.3) is 0 Å². The Kier molecular flexibility index (Phi) is 12.2. The van der Waals surface area contributed by atoms with Crippen LogP contribution in [0.1, 0.15) is 79.6 Å². The van der Waals surface area contributed by atoms with Crippen LogP contribution in [0.3, 0.4) is 0 Å². The average Bonchev–Trinajstić information content (AvgIpc) is 3.54.